The van der Waals surface area contributed by atoms with Crippen LogP contribution in [0.25, 0.3) is 0 Å². The number of rotatable bonds is 4. The van der Waals surface area contributed by atoms with E-state index in [-0.39, 0.29) is 39.1 Å². The van der Waals surface area contributed by atoms with Crippen molar-refractivity contribution in [3.8, 4) is 11.5 Å². The molecular formula is C20H28CoN2O4. The fourth-order valence-corrected chi connectivity index (χ4v) is 1.77. The van der Waals surface area contributed by atoms with Gasteiger partial charge < -0.3 is 20.8 Å². The number of nitrogens with two attached hydrogens (primary N) is 1. The average Bonchev–Trinajstić information content (AvgIpc) is 2.95. The minimum Gasteiger partial charge on any atom is -0.504 e. The number of aromatic hydroxyl groups is 2. The monoisotopic (exact) mass is 419 g/mol. The third-order valence-corrected chi connectivity index (χ3v) is 3.29. The summed E-state index contributed by atoms with van der Waals surface area (Å²) < 4.78 is 0. The Bertz CT molecular complexity index is 684. The predicted octanol–water partition coefficient (Wildman–Crippen LogP) is 1.79. The van der Waals surface area contributed by atoms with Crippen LogP contribution in [-0.4, -0.2) is 41.3 Å². The van der Waals surface area contributed by atoms with E-state index in [0.717, 1.165) is 26.2 Å². The van der Waals surface area contributed by atoms with E-state index >= 15 is 0 Å². The first-order chi connectivity index (χ1) is 12.5. The Hall–Kier alpha value is -2.19. The van der Waals surface area contributed by atoms with Crippen molar-refractivity contribution in [2.24, 2.45) is 5.73 Å². The summed E-state index contributed by atoms with van der Waals surface area (Å²) in [4.78, 5) is 23.4. The minimum absolute atomic E-state index is 0. The van der Waals surface area contributed by atoms with E-state index in [1.165, 1.54) is 24.3 Å². The molecule has 0 aliphatic carbocycles. The van der Waals surface area contributed by atoms with Gasteiger partial charge in [-0.05, 0) is 37.4 Å². The van der Waals surface area contributed by atoms with Crippen molar-refractivity contribution < 1.29 is 27.0 Å². The van der Waals surface area contributed by atoms with E-state index in [9.17, 15) is 9.59 Å². The minimum atomic E-state index is -0.347. The SMILES string of the molecule is CCN(CC)CCN.O=c1cccccc1O.O=c1cccccc1O.[Co]. The summed E-state index contributed by atoms with van der Waals surface area (Å²) in [5, 5.41) is 17.5. The summed E-state index contributed by atoms with van der Waals surface area (Å²) in [5.41, 5.74) is 4.64. The van der Waals surface area contributed by atoms with Gasteiger partial charge in [-0.15, -0.1) is 0 Å². The molecule has 0 amide bonds. The molecule has 27 heavy (non-hydrogen) atoms. The van der Waals surface area contributed by atoms with Crippen LogP contribution in [0, 0.1) is 0 Å². The molecule has 0 aliphatic heterocycles. The zero-order valence-corrected chi connectivity index (χ0v) is 16.7. The Kier molecular flexibility index (Phi) is 17.3. The summed E-state index contributed by atoms with van der Waals surface area (Å²) >= 11 is 0. The zero-order chi connectivity index (χ0) is 19.8. The summed E-state index contributed by atoms with van der Waals surface area (Å²) in [7, 11) is 0. The molecule has 0 aliphatic rings. The molecule has 7 heteroatoms. The second-order valence-electron chi connectivity index (χ2n) is 5.14. The van der Waals surface area contributed by atoms with Crippen LogP contribution in [-0.2, 0) is 16.8 Å². The van der Waals surface area contributed by atoms with Crippen LogP contribution in [0.5, 0.6) is 11.5 Å². The van der Waals surface area contributed by atoms with Crippen molar-refractivity contribution in [3.63, 3.8) is 0 Å². The third-order valence-electron chi connectivity index (χ3n) is 3.29. The van der Waals surface area contributed by atoms with Crippen molar-refractivity contribution in [1.82, 2.24) is 4.90 Å². The molecule has 0 saturated carbocycles. The van der Waals surface area contributed by atoms with Crippen LogP contribution >= 0.6 is 0 Å². The van der Waals surface area contributed by atoms with Crippen molar-refractivity contribution in [2.45, 2.75) is 13.8 Å². The van der Waals surface area contributed by atoms with Crippen molar-refractivity contribution in [3.05, 3.63) is 81.1 Å². The normalized spacial score (nSPS) is 9.04. The largest absolute Gasteiger partial charge is 0.504 e. The van der Waals surface area contributed by atoms with E-state index in [4.69, 9.17) is 15.9 Å². The van der Waals surface area contributed by atoms with Gasteiger partial charge in [-0.2, -0.15) is 0 Å². The molecule has 0 atom stereocenters. The smallest absolute Gasteiger partial charge is 0.220 e. The van der Waals surface area contributed by atoms with Crippen molar-refractivity contribution in [1.29, 1.82) is 0 Å². The quantitative estimate of drug-likeness (QED) is 0.698. The van der Waals surface area contributed by atoms with Crippen LogP contribution in [0.3, 0.4) is 0 Å². The number of nitrogens with zero attached hydrogens (tertiary/aromatic N) is 1. The molecular weight excluding hydrogens is 391 g/mol. The van der Waals surface area contributed by atoms with Crippen LogP contribution in [0.1, 0.15) is 13.8 Å². The van der Waals surface area contributed by atoms with Gasteiger partial charge in [0.05, 0.1) is 0 Å². The maximum absolute atomic E-state index is 10.6. The van der Waals surface area contributed by atoms with Gasteiger partial charge in [0, 0.05) is 29.9 Å². The number of hydrogen-bond donors (Lipinski definition) is 3. The third kappa shape index (κ3) is 13.6. The average molecular weight is 419 g/mol. The molecule has 0 aromatic heterocycles. The van der Waals surface area contributed by atoms with Crippen molar-refractivity contribution in [2.75, 3.05) is 26.2 Å². The molecule has 2 rings (SSSR count). The fraction of sp³-hybridized carbons (Fsp3) is 0.300. The van der Waals surface area contributed by atoms with E-state index in [2.05, 4.69) is 18.7 Å². The summed E-state index contributed by atoms with van der Waals surface area (Å²) in [6.45, 7) is 8.36. The Morgan fingerprint density at radius 3 is 1.44 bits per heavy atom. The predicted molar refractivity (Wildman–Crippen MR) is 106 cm³/mol. The van der Waals surface area contributed by atoms with E-state index < -0.39 is 0 Å². The molecule has 6 nitrogen and oxygen atoms in total. The van der Waals surface area contributed by atoms with Crippen LogP contribution < -0.4 is 16.6 Å². The second-order valence-corrected chi connectivity index (χ2v) is 5.14. The maximum Gasteiger partial charge on any atom is 0.220 e. The van der Waals surface area contributed by atoms with Gasteiger partial charge in [-0.3, -0.25) is 9.59 Å². The first kappa shape index (κ1) is 27.0. The molecule has 4 N–H and O–H groups in total. The van der Waals surface area contributed by atoms with Crippen LogP contribution in [0.2, 0.25) is 0 Å². The fourth-order valence-electron chi connectivity index (χ4n) is 1.77. The van der Waals surface area contributed by atoms with Gasteiger partial charge in [0.2, 0.25) is 10.9 Å². The second kappa shape index (κ2) is 17.2. The molecule has 151 valence electrons. The van der Waals surface area contributed by atoms with E-state index in [1.54, 1.807) is 36.4 Å². The Labute approximate surface area is 170 Å². The molecule has 0 unspecified atom stereocenters. The standard InChI is InChI=1S/2C7H6O2.C6H16N2.Co/c2*8-6-4-2-1-3-5-7(6)9;1-3-8(4-2)6-5-7;/h2*1-5H,(H,8,9);3-7H2,1-2H3;. The Balaban J connectivity index is 0. The molecule has 0 bridgehead atoms. The molecule has 2 aromatic rings. The summed E-state index contributed by atoms with van der Waals surface area (Å²) in [6, 6.07) is 15.1. The van der Waals surface area contributed by atoms with Crippen LogP contribution in [0.15, 0.2) is 70.3 Å². The number of likely N-dealkylation sites (N-methyl/N-ethyl adjacent to an activating group) is 1. The maximum atomic E-state index is 10.6. The van der Waals surface area contributed by atoms with Crippen LogP contribution in [0.4, 0.5) is 0 Å². The Morgan fingerprint density at radius 1 is 0.778 bits per heavy atom. The van der Waals surface area contributed by atoms with Gasteiger partial charge in [0.15, 0.2) is 11.5 Å². The van der Waals surface area contributed by atoms with E-state index in [0.29, 0.717) is 0 Å². The van der Waals surface area contributed by atoms with E-state index in [1.807, 2.05) is 0 Å². The molecule has 0 fully saturated rings. The Morgan fingerprint density at radius 2 is 1.15 bits per heavy atom. The summed E-state index contributed by atoms with van der Waals surface area (Å²) in [6.07, 6.45) is 0. The zero-order valence-electron chi connectivity index (χ0n) is 15.7. The summed E-state index contributed by atoms with van der Waals surface area (Å²) in [5.74, 6) is -0.417. The van der Waals surface area contributed by atoms with Gasteiger partial charge in [-0.25, -0.2) is 0 Å². The first-order valence-electron chi connectivity index (χ1n) is 8.45. The first-order valence-corrected chi connectivity index (χ1v) is 8.45. The van der Waals surface area contributed by atoms with Gasteiger partial charge >= 0.3 is 0 Å². The molecule has 2 aromatic carbocycles. The molecule has 0 spiro atoms. The molecule has 1 radical (unpaired) electrons. The molecule has 0 heterocycles. The van der Waals surface area contributed by atoms with Gasteiger partial charge in [0.25, 0.3) is 0 Å². The van der Waals surface area contributed by atoms with Crippen molar-refractivity contribution >= 4 is 0 Å². The topological polar surface area (TPSA) is 104 Å². The van der Waals surface area contributed by atoms with Gasteiger partial charge in [-0.1, -0.05) is 50.2 Å². The van der Waals surface area contributed by atoms with Gasteiger partial charge in [0.1, 0.15) is 0 Å². The number of hydrogen-bond acceptors (Lipinski definition) is 6. The molecule has 0 saturated heterocycles.